The maximum Gasteiger partial charge on any atom is 0.416 e. The standard InChI is InChI=1S/C14H17F3N2O3/c1-2-6-18-11(13(21)22)8-12(20)19-10-5-3-4-9(7-10)14(15,16)17/h3-5,7,11,18H,2,6,8H2,1H3,(H,19,20)(H,21,22). The zero-order valence-corrected chi connectivity index (χ0v) is 11.9. The summed E-state index contributed by atoms with van der Waals surface area (Å²) in [6.07, 6.45) is -4.18. The van der Waals surface area contributed by atoms with Crippen LogP contribution in [0.2, 0.25) is 0 Å². The van der Waals surface area contributed by atoms with Gasteiger partial charge in [-0.25, -0.2) is 0 Å². The molecule has 1 atom stereocenters. The monoisotopic (exact) mass is 318 g/mol. The zero-order valence-electron chi connectivity index (χ0n) is 11.9. The number of carbonyl (C=O) groups excluding carboxylic acids is 1. The molecule has 0 aliphatic rings. The average molecular weight is 318 g/mol. The Morgan fingerprint density at radius 3 is 2.55 bits per heavy atom. The number of carboxylic acid groups (broad SMARTS) is 1. The number of amides is 1. The van der Waals surface area contributed by atoms with Gasteiger partial charge in [-0.2, -0.15) is 13.2 Å². The topological polar surface area (TPSA) is 78.4 Å². The van der Waals surface area contributed by atoms with Crippen LogP contribution in [0, 0.1) is 0 Å². The number of hydrogen-bond donors (Lipinski definition) is 3. The third-order valence-electron chi connectivity index (χ3n) is 2.80. The summed E-state index contributed by atoms with van der Waals surface area (Å²) in [5.41, 5.74) is -0.913. The predicted molar refractivity (Wildman–Crippen MR) is 74.4 cm³/mol. The summed E-state index contributed by atoms with van der Waals surface area (Å²) < 4.78 is 37.7. The number of benzene rings is 1. The van der Waals surface area contributed by atoms with Crippen LogP contribution in [0.25, 0.3) is 0 Å². The molecule has 122 valence electrons. The Kier molecular flexibility index (Phi) is 6.36. The maximum absolute atomic E-state index is 12.6. The summed E-state index contributed by atoms with van der Waals surface area (Å²) in [7, 11) is 0. The Balaban J connectivity index is 2.70. The summed E-state index contributed by atoms with van der Waals surface area (Å²) in [5.74, 6) is -1.86. The molecule has 8 heteroatoms. The van der Waals surface area contributed by atoms with Crippen molar-refractivity contribution in [1.29, 1.82) is 0 Å². The van der Waals surface area contributed by atoms with Gasteiger partial charge in [0.1, 0.15) is 6.04 Å². The molecule has 0 aromatic heterocycles. The quantitative estimate of drug-likeness (QED) is 0.722. The third-order valence-corrected chi connectivity index (χ3v) is 2.80. The van der Waals surface area contributed by atoms with E-state index in [0.29, 0.717) is 13.0 Å². The van der Waals surface area contributed by atoms with Crippen LogP contribution in [-0.2, 0) is 15.8 Å². The van der Waals surface area contributed by atoms with E-state index in [0.717, 1.165) is 12.1 Å². The van der Waals surface area contributed by atoms with Crippen molar-refractivity contribution in [2.45, 2.75) is 32.0 Å². The zero-order chi connectivity index (χ0) is 16.8. The molecular weight excluding hydrogens is 301 g/mol. The minimum absolute atomic E-state index is 0.0283. The Labute approximate surface area is 125 Å². The van der Waals surface area contributed by atoms with Crippen molar-refractivity contribution in [3.63, 3.8) is 0 Å². The molecule has 5 nitrogen and oxygen atoms in total. The molecule has 1 rings (SSSR count). The fourth-order valence-corrected chi connectivity index (χ4v) is 1.74. The Morgan fingerprint density at radius 1 is 1.32 bits per heavy atom. The largest absolute Gasteiger partial charge is 0.480 e. The van der Waals surface area contributed by atoms with Gasteiger partial charge in [-0.3, -0.25) is 9.59 Å². The number of nitrogens with one attached hydrogen (secondary N) is 2. The first kappa shape index (κ1) is 18.0. The minimum Gasteiger partial charge on any atom is -0.480 e. The highest BCUT2D eigenvalue weighted by Crippen LogP contribution is 2.30. The van der Waals surface area contributed by atoms with Crippen molar-refractivity contribution in [3.8, 4) is 0 Å². The summed E-state index contributed by atoms with van der Waals surface area (Å²) in [6.45, 7) is 2.27. The van der Waals surface area contributed by atoms with Gasteiger partial charge in [-0.05, 0) is 31.2 Å². The van der Waals surface area contributed by atoms with E-state index in [9.17, 15) is 22.8 Å². The van der Waals surface area contributed by atoms with Gasteiger partial charge in [0.2, 0.25) is 5.91 Å². The molecule has 0 saturated heterocycles. The number of carbonyl (C=O) groups is 2. The molecule has 1 unspecified atom stereocenters. The summed E-state index contributed by atoms with van der Waals surface area (Å²) in [5, 5.41) is 13.9. The van der Waals surface area contributed by atoms with Crippen molar-refractivity contribution >= 4 is 17.6 Å². The molecule has 1 aromatic rings. The molecule has 1 amide bonds. The van der Waals surface area contributed by atoms with Crippen LogP contribution in [0.5, 0.6) is 0 Å². The number of aliphatic carboxylic acids is 1. The van der Waals surface area contributed by atoms with Crippen LogP contribution >= 0.6 is 0 Å². The van der Waals surface area contributed by atoms with E-state index in [-0.39, 0.29) is 12.1 Å². The third kappa shape index (κ3) is 5.72. The van der Waals surface area contributed by atoms with Crippen LogP contribution in [0.4, 0.5) is 18.9 Å². The SMILES string of the molecule is CCCNC(CC(=O)Nc1cccc(C(F)(F)F)c1)C(=O)O. The molecule has 0 aliphatic carbocycles. The number of alkyl halides is 3. The van der Waals surface area contributed by atoms with Gasteiger partial charge in [-0.15, -0.1) is 0 Å². The minimum atomic E-state index is -4.51. The van der Waals surface area contributed by atoms with Crippen LogP contribution in [-0.4, -0.2) is 29.6 Å². The normalized spacial score (nSPS) is 12.7. The molecule has 22 heavy (non-hydrogen) atoms. The summed E-state index contributed by atoms with van der Waals surface area (Å²) >= 11 is 0. The number of halogens is 3. The average Bonchev–Trinajstić information content (AvgIpc) is 2.42. The van der Waals surface area contributed by atoms with Gasteiger partial charge in [0.15, 0.2) is 0 Å². The van der Waals surface area contributed by atoms with E-state index >= 15 is 0 Å². The number of carboxylic acids is 1. The van der Waals surface area contributed by atoms with Gasteiger partial charge in [0.25, 0.3) is 0 Å². The van der Waals surface area contributed by atoms with E-state index < -0.39 is 29.7 Å². The highest BCUT2D eigenvalue weighted by atomic mass is 19.4. The summed E-state index contributed by atoms with van der Waals surface area (Å²) in [4.78, 5) is 22.7. The highest BCUT2D eigenvalue weighted by Gasteiger charge is 2.30. The van der Waals surface area contributed by atoms with Crippen LogP contribution < -0.4 is 10.6 Å². The van der Waals surface area contributed by atoms with E-state index in [4.69, 9.17) is 5.11 Å². The summed E-state index contributed by atoms with van der Waals surface area (Å²) in [6, 6.07) is 3.09. The lowest BCUT2D eigenvalue weighted by atomic mass is 10.1. The van der Waals surface area contributed by atoms with Crippen LogP contribution in [0.3, 0.4) is 0 Å². The fraction of sp³-hybridized carbons (Fsp3) is 0.429. The van der Waals surface area contributed by atoms with E-state index in [1.807, 2.05) is 6.92 Å². The van der Waals surface area contributed by atoms with Crippen LogP contribution in [0.15, 0.2) is 24.3 Å². The first-order chi connectivity index (χ1) is 10.2. The second kappa shape index (κ2) is 7.79. The van der Waals surface area contributed by atoms with E-state index in [1.54, 1.807) is 0 Å². The van der Waals surface area contributed by atoms with E-state index in [2.05, 4.69) is 10.6 Å². The van der Waals surface area contributed by atoms with Gasteiger partial charge in [0, 0.05) is 5.69 Å². The van der Waals surface area contributed by atoms with Crippen molar-refractivity contribution in [3.05, 3.63) is 29.8 Å². The molecule has 0 saturated carbocycles. The molecule has 0 radical (unpaired) electrons. The highest BCUT2D eigenvalue weighted by molar-refractivity contribution is 5.94. The second-order valence-electron chi connectivity index (χ2n) is 4.68. The molecule has 0 aliphatic heterocycles. The van der Waals surface area contributed by atoms with Gasteiger partial charge < -0.3 is 15.7 Å². The fourth-order valence-electron chi connectivity index (χ4n) is 1.74. The molecule has 0 heterocycles. The lowest BCUT2D eigenvalue weighted by Crippen LogP contribution is -2.40. The van der Waals surface area contributed by atoms with Crippen molar-refractivity contribution in [1.82, 2.24) is 5.32 Å². The number of rotatable bonds is 7. The molecule has 3 N–H and O–H groups in total. The van der Waals surface area contributed by atoms with Crippen LogP contribution in [0.1, 0.15) is 25.3 Å². The van der Waals surface area contributed by atoms with Gasteiger partial charge >= 0.3 is 12.1 Å². The lowest BCUT2D eigenvalue weighted by molar-refractivity contribution is -0.141. The van der Waals surface area contributed by atoms with Gasteiger partial charge in [0.05, 0.1) is 12.0 Å². The van der Waals surface area contributed by atoms with Crippen molar-refractivity contribution in [2.24, 2.45) is 0 Å². The van der Waals surface area contributed by atoms with Gasteiger partial charge in [-0.1, -0.05) is 13.0 Å². The molecule has 0 fully saturated rings. The first-order valence-corrected chi connectivity index (χ1v) is 6.67. The second-order valence-corrected chi connectivity index (χ2v) is 4.68. The maximum atomic E-state index is 12.6. The lowest BCUT2D eigenvalue weighted by Gasteiger charge is -2.14. The molecule has 1 aromatic carbocycles. The Morgan fingerprint density at radius 2 is 2.00 bits per heavy atom. The number of hydrogen-bond acceptors (Lipinski definition) is 3. The molecule has 0 bridgehead atoms. The Hall–Kier alpha value is -2.09. The van der Waals surface area contributed by atoms with Crippen molar-refractivity contribution in [2.75, 3.05) is 11.9 Å². The smallest absolute Gasteiger partial charge is 0.416 e. The van der Waals surface area contributed by atoms with E-state index in [1.165, 1.54) is 12.1 Å². The Bertz CT molecular complexity index is 532. The molecular formula is C14H17F3N2O3. The van der Waals surface area contributed by atoms with Crippen molar-refractivity contribution < 1.29 is 27.9 Å². The number of anilines is 1. The predicted octanol–water partition coefficient (Wildman–Crippen LogP) is 2.49. The first-order valence-electron chi connectivity index (χ1n) is 6.67. The molecule has 0 spiro atoms.